The van der Waals surface area contributed by atoms with Crippen LogP contribution in [-0.4, -0.2) is 45.7 Å². The fraction of sp³-hybridized carbons (Fsp3) is 0.423. The average molecular weight is 446 g/mol. The van der Waals surface area contributed by atoms with Gasteiger partial charge in [-0.3, -0.25) is 9.69 Å². The molecule has 1 aliphatic heterocycles. The molecule has 0 aliphatic carbocycles. The van der Waals surface area contributed by atoms with Crippen LogP contribution in [0.15, 0.2) is 47.3 Å². The molecular formula is C26H31N5O2. The van der Waals surface area contributed by atoms with Crippen LogP contribution in [0, 0.1) is 11.3 Å². The molecule has 1 fully saturated rings. The van der Waals surface area contributed by atoms with Crippen molar-refractivity contribution in [1.29, 1.82) is 5.26 Å². The van der Waals surface area contributed by atoms with Crippen molar-refractivity contribution in [2.45, 2.75) is 52.4 Å². The lowest BCUT2D eigenvalue weighted by Gasteiger charge is -2.45. The summed E-state index contributed by atoms with van der Waals surface area (Å²) in [5, 5.41) is 9.36. The summed E-state index contributed by atoms with van der Waals surface area (Å²) in [5.74, 6) is 0.931. The van der Waals surface area contributed by atoms with Crippen molar-refractivity contribution in [3.63, 3.8) is 0 Å². The van der Waals surface area contributed by atoms with Crippen LogP contribution in [0.4, 0.5) is 5.69 Å². The molecule has 0 bridgehead atoms. The predicted octanol–water partition coefficient (Wildman–Crippen LogP) is 3.69. The first-order valence-electron chi connectivity index (χ1n) is 11.4. The standard InChI is InChI=1S/C26H31N5O2/c1-17(2)33-24-9-7-6-8-20(24)16-30-14-19(4)31(15-18(30)3)23-12-25(32)29(5)22-11-10-21(13-27)28-26(22)23/h6-12,17-19H,14-16H2,1-5H3/t18-,19+/m1/s1. The zero-order chi connectivity index (χ0) is 23.7. The van der Waals surface area contributed by atoms with Crippen LogP contribution >= 0.6 is 0 Å². The number of pyridine rings is 2. The number of aromatic nitrogens is 2. The van der Waals surface area contributed by atoms with Crippen LogP contribution in [-0.2, 0) is 13.6 Å². The maximum atomic E-state index is 12.7. The lowest BCUT2D eigenvalue weighted by molar-refractivity contribution is 0.154. The molecule has 0 radical (unpaired) electrons. The molecule has 0 spiro atoms. The second kappa shape index (κ2) is 9.24. The monoisotopic (exact) mass is 445 g/mol. The minimum atomic E-state index is -0.0777. The third kappa shape index (κ3) is 4.57. The summed E-state index contributed by atoms with van der Waals surface area (Å²) in [6.07, 6.45) is 0.124. The summed E-state index contributed by atoms with van der Waals surface area (Å²) < 4.78 is 7.61. The van der Waals surface area contributed by atoms with Gasteiger partial charge in [-0.2, -0.15) is 5.26 Å². The number of ether oxygens (including phenoxy) is 1. The molecule has 33 heavy (non-hydrogen) atoms. The van der Waals surface area contributed by atoms with Crippen LogP contribution in [0.5, 0.6) is 5.75 Å². The highest BCUT2D eigenvalue weighted by molar-refractivity contribution is 5.89. The first kappa shape index (κ1) is 22.8. The molecule has 4 rings (SSSR count). The first-order chi connectivity index (χ1) is 15.8. The molecule has 1 aliphatic rings. The third-order valence-corrected chi connectivity index (χ3v) is 6.32. The average Bonchev–Trinajstić information content (AvgIpc) is 2.79. The number of hydrogen-bond acceptors (Lipinski definition) is 6. The van der Waals surface area contributed by atoms with E-state index in [2.05, 4.69) is 46.8 Å². The normalized spacial score (nSPS) is 19.1. The van der Waals surface area contributed by atoms with E-state index in [1.54, 1.807) is 23.7 Å². The van der Waals surface area contributed by atoms with Gasteiger partial charge in [-0.1, -0.05) is 18.2 Å². The Labute approximate surface area is 194 Å². The maximum Gasteiger partial charge on any atom is 0.252 e. The van der Waals surface area contributed by atoms with Gasteiger partial charge in [0, 0.05) is 50.4 Å². The number of rotatable bonds is 5. The van der Waals surface area contributed by atoms with Crippen LogP contribution in [0.1, 0.15) is 39.0 Å². The molecule has 0 N–H and O–H groups in total. The summed E-state index contributed by atoms with van der Waals surface area (Å²) in [4.78, 5) is 22.0. The van der Waals surface area contributed by atoms with E-state index in [1.807, 2.05) is 32.0 Å². The topological polar surface area (TPSA) is 74.4 Å². The number of fused-ring (bicyclic) bond motifs is 1. The van der Waals surface area contributed by atoms with E-state index in [0.717, 1.165) is 36.6 Å². The van der Waals surface area contributed by atoms with Crippen molar-refractivity contribution < 1.29 is 4.74 Å². The van der Waals surface area contributed by atoms with Crippen LogP contribution in [0.25, 0.3) is 11.0 Å². The SMILES string of the molecule is CC(C)Oc1ccccc1CN1C[C@H](C)N(c2cc(=O)n(C)c3ccc(C#N)nc23)C[C@H]1C. The van der Waals surface area contributed by atoms with E-state index < -0.39 is 0 Å². The smallest absolute Gasteiger partial charge is 0.252 e. The van der Waals surface area contributed by atoms with Crippen LogP contribution in [0.2, 0.25) is 0 Å². The van der Waals surface area contributed by atoms with Crippen molar-refractivity contribution in [3.8, 4) is 11.8 Å². The van der Waals surface area contributed by atoms with Crippen molar-refractivity contribution in [2.24, 2.45) is 7.05 Å². The van der Waals surface area contributed by atoms with Gasteiger partial charge in [-0.05, 0) is 45.9 Å². The fourth-order valence-corrected chi connectivity index (χ4v) is 4.57. The number of para-hydroxylation sites is 1. The van der Waals surface area contributed by atoms with Gasteiger partial charge < -0.3 is 14.2 Å². The van der Waals surface area contributed by atoms with Crippen molar-refractivity contribution in [3.05, 3.63) is 64.1 Å². The number of aryl methyl sites for hydroxylation is 1. The second-order valence-electron chi connectivity index (χ2n) is 9.16. The fourth-order valence-electron chi connectivity index (χ4n) is 4.57. The summed E-state index contributed by atoms with van der Waals surface area (Å²) in [5.41, 5.74) is 3.68. The number of piperazine rings is 1. The van der Waals surface area contributed by atoms with E-state index in [0.29, 0.717) is 11.2 Å². The Morgan fingerprint density at radius 1 is 1.15 bits per heavy atom. The lowest BCUT2D eigenvalue weighted by Crippen LogP contribution is -2.56. The molecule has 0 amide bonds. The summed E-state index contributed by atoms with van der Waals surface area (Å²) in [6, 6.07) is 15.9. The molecule has 1 aromatic carbocycles. The Morgan fingerprint density at radius 2 is 1.91 bits per heavy atom. The molecule has 0 saturated carbocycles. The van der Waals surface area contributed by atoms with Gasteiger partial charge in [0.25, 0.3) is 5.56 Å². The van der Waals surface area contributed by atoms with E-state index in [9.17, 15) is 10.1 Å². The highest BCUT2D eigenvalue weighted by atomic mass is 16.5. The Hall–Kier alpha value is -3.37. The van der Waals surface area contributed by atoms with Gasteiger partial charge in [-0.25, -0.2) is 4.98 Å². The zero-order valence-electron chi connectivity index (χ0n) is 19.9. The summed E-state index contributed by atoms with van der Waals surface area (Å²) in [7, 11) is 1.74. The third-order valence-electron chi connectivity index (χ3n) is 6.32. The zero-order valence-corrected chi connectivity index (χ0v) is 19.9. The van der Waals surface area contributed by atoms with E-state index in [-0.39, 0.29) is 23.7 Å². The Kier molecular flexibility index (Phi) is 6.39. The minimum Gasteiger partial charge on any atom is -0.491 e. The van der Waals surface area contributed by atoms with Gasteiger partial charge in [-0.15, -0.1) is 0 Å². The minimum absolute atomic E-state index is 0.0777. The van der Waals surface area contributed by atoms with Crippen molar-refractivity contribution in [1.82, 2.24) is 14.5 Å². The first-order valence-corrected chi connectivity index (χ1v) is 11.4. The van der Waals surface area contributed by atoms with Crippen LogP contribution < -0.4 is 15.2 Å². The Morgan fingerprint density at radius 3 is 2.64 bits per heavy atom. The van der Waals surface area contributed by atoms with Crippen LogP contribution in [0.3, 0.4) is 0 Å². The molecule has 172 valence electrons. The quantitative estimate of drug-likeness (QED) is 0.596. The van der Waals surface area contributed by atoms with Crippen molar-refractivity contribution in [2.75, 3.05) is 18.0 Å². The molecule has 2 atom stereocenters. The maximum absolute atomic E-state index is 12.7. The van der Waals surface area contributed by atoms with Gasteiger partial charge in [0.15, 0.2) is 0 Å². The molecular weight excluding hydrogens is 414 g/mol. The molecule has 3 aromatic rings. The Bertz CT molecular complexity index is 1260. The van der Waals surface area contributed by atoms with E-state index in [1.165, 1.54) is 5.56 Å². The molecule has 7 heteroatoms. The Balaban J connectivity index is 1.64. The molecule has 3 heterocycles. The number of anilines is 1. The van der Waals surface area contributed by atoms with E-state index in [4.69, 9.17) is 4.74 Å². The van der Waals surface area contributed by atoms with Gasteiger partial charge in [0.05, 0.1) is 17.3 Å². The van der Waals surface area contributed by atoms with Crippen molar-refractivity contribution >= 4 is 16.7 Å². The lowest BCUT2D eigenvalue weighted by atomic mass is 10.0. The van der Waals surface area contributed by atoms with Gasteiger partial charge in [0.1, 0.15) is 23.0 Å². The molecule has 7 nitrogen and oxygen atoms in total. The van der Waals surface area contributed by atoms with Gasteiger partial charge in [0.2, 0.25) is 0 Å². The predicted molar refractivity (Wildman–Crippen MR) is 131 cm³/mol. The summed E-state index contributed by atoms with van der Waals surface area (Å²) in [6.45, 7) is 10.9. The second-order valence-corrected chi connectivity index (χ2v) is 9.16. The largest absolute Gasteiger partial charge is 0.491 e. The number of hydrogen-bond donors (Lipinski definition) is 0. The van der Waals surface area contributed by atoms with Gasteiger partial charge >= 0.3 is 0 Å². The molecule has 2 aromatic heterocycles. The van der Waals surface area contributed by atoms with E-state index >= 15 is 0 Å². The highest BCUT2D eigenvalue weighted by Crippen LogP contribution is 2.30. The summed E-state index contributed by atoms with van der Waals surface area (Å²) >= 11 is 0. The molecule has 0 unspecified atom stereocenters. The number of nitriles is 1. The number of nitrogens with zero attached hydrogens (tertiary/aromatic N) is 5. The number of benzene rings is 1. The highest BCUT2D eigenvalue weighted by Gasteiger charge is 2.31. The molecule has 1 saturated heterocycles.